The first-order valence-corrected chi connectivity index (χ1v) is 7.07. The predicted molar refractivity (Wildman–Crippen MR) is 82.4 cm³/mol. The van der Waals surface area contributed by atoms with Crippen LogP contribution in [0, 0.1) is 5.92 Å². The molecule has 2 aromatic carbocycles. The lowest BCUT2D eigenvalue weighted by Crippen LogP contribution is -2.13. The van der Waals surface area contributed by atoms with E-state index in [4.69, 9.17) is 16.3 Å². The monoisotopic (exact) mass is 290 g/mol. The quantitative estimate of drug-likeness (QED) is 0.878. The number of aliphatic hydroxyl groups is 1. The second kappa shape index (κ2) is 7.32. The molecule has 2 aromatic rings. The Labute approximate surface area is 125 Å². The molecule has 0 saturated heterocycles. The molecule has 0 aliphatic rings. The molecular formula is C17H19ClO2. The van der Waals surface area contributed by atoms with Crippen molar-refractivity contribution in [3.05, 3.63) is 64.7 Å². The van der Waals surface area contributed by atoms with Crippen LogP contribution in [0.1, 0.15) is 11.1 Å². The Morgan fingerprint density at radius 3 is 2.40 bits per heavy atom. The van der Waals surface area contributed by atoms with E-state index in [2.05, 4.69) is 6.07 Å². The fourth-order valence-corrected chi connectivity index (χ4v) is 2.41. The Morgan fingerprint density at radius 1 is 1.05 bits per heavy atom. The Hall–Kier alpha value is -1.51. The van der Waals surface area contributed by atoms with Gasteiger partial charge in [0.1, 0.15) is 5.75 Å². The van der Waals surface area contributed by atoms with Crippen LogP contribution in [0.25, 0.3) is 0 Å². The standard InChI is InChI=1S/C17H19ClO2/c1-20-17-4-2-3-14(11-17)10-15(12-19)9-13-5-7-16(18)8-6-13/h2-8,11,15,19H,9-10,12H2,1H3. The summed E-state index contributed by atoms with van der Waals surface area (Å²) in [4.78, 5) is 0. The van der Waals surface area contributed by atoms with Gasteiger partial charge in [0, 0.05) is 11.6 Å². The van der Waals surface area contributed by atoms with Crippen LogP contribution in [0.2, 0.25) is 5.02 Å². The number of rotatable bonds is 6. The third-order valence-corrected chi connectivity index (χ3v) is 3.61. The van der Waals surface area contributed by atoms with Crippen molar-refractivity contribution < 1.29 is 9.84 Å². The summed E-state index contributed by atoms with van der Waals surface area (Å²) in [7, 11) is 1.66. The van der Waals surface area contributed by atoms with E-state index in [-0.39, 0.29) is 12.5 Å². The molecule has 1 atom stereocenters. The van der Waals surface area contributed by atoms with E-state index >= 15 is 0 Å². The van der Waals surface area contributed by atoms with Crippen LogP contribution in [0.5, 0.6) is 5.75 Å². The molecule has 0 amide bonds. The molecule has 0 heterocycles. The molecule has 106 valence electrons. The zero-order chi connectivity index (χ0) is 14.4. The molecular weight excluding hydrogens is 272 g/mol. The maximum atomic E-state index is 9.57. The zero-order valence-corrected chi connectivity index (χ0v) is 12.3. The van der Waals surface area contributed by atoms with Gasteiger partial charge in [-0.1, -0.05) is 35.9 Å². The molecule has 0 aliphatic heterocycles. The number of benzene rings is 2. The first-order chi connectivity index (χ1) is 9.71. The third kappa shape index (κ3) is 4.26. The Balaban J connectivity index is 2.02. The Morgan fingerprint density at radius 2 is 1.75 bits per heavy atom. The molecule has 0 radical (unpaired) electrons. The largest absolute Gasteiger partial charge is 0.497 e. The molecule has 0 fully saturated rings. The summed E-state index contributed by atoms with van der Waals surface area (Å²) < 4.78 is 5.22. The smallest absolute Gasteiger partial charge is 0.119 e. The van der Waals surface area contributed by atoms with Crippen molar-refractivity contribution in [2.24, 2.45) is 5.92 Å². The number of hydrogen-bond donors (Lipinski definition) is 1. The van der Waals surface area contributed by atoms with Crippen LogP contribution >= 0.6 is 11.6 Å². The number of ether oxygens (including phenoxy) is 1. The predicted octanol–water partition coefficient (Wildman–Crippen LogP) is 3.74. The number of hydrogen-bond acceptors (Lipinski definition) is 2. The Kier molecular flexibility index (Phi) is 5.45. The van der Waals surface area contributed by atoms with Crippen LogP contribution < -0.4 is 4.74 Å². The van der Waals surface area contributed by atoms with Gasteiger partial charge in [0.15, 0.2) is 0 Å². The van der Waals surface area contributed by atoms with Crippen LogP contribution in [0.3, 0.4) is 0 Å². The number of aliphatic hydroxyl groups excluding tert-OH is 1. The van der Waals surface area contributed by atoms with E-state index in [0.717, 1.165) is 23.6 Å². The number of methoxy groups -OCH3 is 1. The maximum Gasteiger partial charge on any atom is 0.119 e. The number of halogens is 1. The first-order valence-electron chi connectivity index (χ1n) is 6.69. The summed E-state index contributed by atoms with van der Waals surface area (Å²) in [6, 6.07) is 15.8. The molecule has 0 aromatic heterocycles. The summed E-state index contributed by atoms with van der Waals surface area (Å²) in [5.74, 6) is 1.05. The van der Waals surface area contributed by atoms with Gasteiger partial charge in [-0.25, -0.2) is 0 Å². The fraction of sp³-hybridized carbons (Fsp3) is 0.294. The lowest BCUT2D eigenvalue weighted by atomic mass is 9.93. The van der Waals surface area contributed by atoms with Crippen molar-refractivity contribution in [1.82, 2.24) is 0 Å². The zero-order valence-electron chi connectivity index (χ0n) is 11.6. The normalized spacial score (nSPS) is 12.2. The van der Waals surface area contributed by atoms with Crippen molar-refractivity contribution in [3.8, 4) is 5.75 Å². The molecule has 0 aliphatic carbocycles. The Bertz CT molecular complexity index is 537. The maximum absolute atomic E-state index is 9.57. The van der Waals surface area contributed by atoms with E-state index in [9.17, 15) is 5.11 Å². The summed E-state index contributed by atoms with van der Waals surface area (Å²) in [5, 5.41) is 10.3. The second-order valence-corrected chi connectivity index (χ2v) is 5.37. The minimum Gasteiger partial charge on any atom is -0.497 e. The lowest BCUT2D eigenvalue weighted by Gasteiger charge is -2.15. The van der Waals surface area contributed by atoms with Crippen molar-refractivity contribution in [1.29, 1.82) is 0 Å². The van der Waals surface area contributed by atoms with Crippen molar-refractivity contribution in [3.63, 3.8) is 0 Å². The van der Waals surface area contributed by atoms with Crippen LogP contribution in [0.4, 0.5) is 0 Å². The van der Waals surface area contributed by atoms with Crippen LogP contribution in [-0.4, -0.2) is 18.8 Å². The van der Waals surface area contributed by atoms with E-state index in [0.29, 0.717) is 0 Å². The third-order valence-electron chi connectivity index (χ3n) is 3.35. The molecule has 2 rings (SSSR count). The SMILES string of the molecule is COc1cccc(CC(CO)Cc2ccc(Cl)cc2)c1. The van der Waals surface area contributed by atoms with Crippen LogP contribution in [-0.2, 0) is 12.8 Å². The average molecular weight is 291 g/mol. The van der Waals surface area contributed by atoms with E-state index in [1.165, 1.54) is 11.1 Å². The molecule has 1 N–H and O–H groups in total. The van der Waals surface area contributed by atoms with E-state index < -0.39 is 0 Å². The minimum atomic E-state index is 0.167. The molecule has 0 bridgehead atoms. The molecule has 3 heteroatoms. The van der Waals surface area contributed by atoms with Gasteiger partial charge in [0.05, 0.1) is 7.11 Å². The van der Waals surface area contributed by atoms with Gasteiger partial charge in [-0.15, -0.1) is 0 Å². The van der Waals surface area contributed by atoms with Gasteiger partial charge in [0.25, 0.3) is 0 Å². The molecule has 0 saturated carbocycles. The molecule has 20 heavy (non-hydrogen) atoms. The van der Waals surface area contributed by atoms with Gasteiger partial charge in [0.2, 0.25) is 0 Å². The van der Waals surface area contributed by atoms with Gasteiger partial charge in [-0.2, -0.15) is 0 Å². The second-order valence-electron chi connectivity index (χ2n) is 4.93. The summed E-state index contributed by atoms with van der Waals surface area (Å²) in [5.41, 5.74) is 2.37. The molecule has 2 nitrogen and oxygen atoms in total. The highest BCUT2D eigenvalue weighted by molar-refractivity contribution is 6.30. The summed E-state index contributed by atoms with van der Waals surface area (Å²) in [6.07, 6.45) is 1.67. The lowest BCUT2D eigenvalue weighted by molar-refractivity contribution is 0.225. The van der Waals surface area contributed by atoms with E-state index in [1.807, 2.05) is 42.5 Å². The summed E-state index contributed by atoms with van der Waals surface area (Å²) in [6.45, 7) is 0.167. The molecule has 0 spiro atoms. The highest BCUT2D eigenvalue weighted by atomic mass is 35.5. The fourth-order valence-electron chi connectivity index (χ4n) is 2.29. The van der Waals surface area contributed by atoms with Crippen molar-refractivity contribution in [2.45, 2.75) is 12.8 Å². The van der Waals surface area contributed by atoms with E-state index in [1.54, 1.807) is 7.11 Å². The first kappa shape index (κ1) is 14.9. The van der Waals surface area contributed by atoms with Gasteiger partial charge >= 0.3 is 0 Å². The minimum absolute atomic E-state index is 0.167. The van der Waals surface area contributed by atoms with Crippen molar-refractivity contribution >= 4 is 11.6 Å². The molecule has 1 unspecified atom stereocenters. The highest BCUT2D eigenvalue weighted by Gasteiger charge is 2.10. The van der Waals surface area contributed by atoms with Crippen LogP contribution in [0.15, 0.2) is 48.5 Å². The van der Waals surface area contributed by atoms with Gasteiger partial charge in [-0.3, -0.25) is 0 Å². The highest BCUT2D eigenvalue weighted by Crippen LogP contribution is 2.19. The summed E-state index contributed by atoms with van der Waals surface area (Å²) >= 11 is 5.88. The van der Waals surface area contributed by atoms with Crippen molar-refractivity contribution in [2.75, 3.05) is 13.7 Å². The van der Waals surface area contributed by atoms with Gasteiger partial charge in [-0.05, 0) is 54.2 Å². The topological polar surface area (TPSA) is 29.5 Å². The average Bonchev–Trinajstić information content (AvgIpc) is 2.49. The van der Waals surface area contributed by atoms with Gasteiger partial charge < -0.3 is 9.84 Å².